The predicted molar refractivity (Wildman–Crippen MR) is 125 cm³/mol. The third-order valence-electron chi connectivity index (χ3n) is 6.37. The van der Waals surface area contributed by atoms with Gasteiger partial charge >= 0.3 is 0 Å². The molecule has 0 aliphatic carbocycles. The summed E-state index contributed by atoms with van der Waals surface area (Å²) in [6, 6.07) is 15.8. The molecule has 0 radical (unpaired) electrons. The number of likely N-dealkylation sites (N-methyl/N-ethyl adjacent to an activating group) is 1. The lowest BCUT2D eigenvalue weighted by Crippen LogP contribution is -2.50. The number of nitrogens with zero attached hydrogens (tertiary/aromatic N) is 1. The third-order valence-corrected chi connectivity index (χ3v) is 6.62. The second-order valence-corrected chi connectivity index (χ2v) is 8.36. The maximum Gasteiger partial charge on any atom is 0.230 e. The highest BCUT2D eigenvalue weighted by molar-refractivity contribution is 6.30. The van der Waals surface area contributed by atoms with Crippen LogP contribution >= 0.6 is 11.6 Å². The molecule has 1 unspecified atom stereocenters. The van der Waals surface area contributed by atoms with Crippen LogP contribution in [0.2, 0.25) is 5.02 Å². The summed E-state index contributed by atoms with van der Waals surface area (Å²) in [5.74, 6) is 0.876. The number of nitrogens with one attached hydrogen (secondary N) is 1. The van der Waals surface area contributed by atoms with E-state index in [2.05, 4.69) is 36.2 Å². The van der Waals surface area contributed by atoms with E-state index in [0.717, 1.165) is 30.0 Å². The zero-order chi connectivity index (χ0) is 22.3. The maximum absolute atomic E-state index is 13.6. The average molecular weight is 445 g/mol. The van der Waals surface area contributed by atoms with E-state index in [0.29, 0.717) is 37.6 Å². The van der Waals surface area contributed by atoms with Gasteiger partial charge in [-0.15, -0.1) is 0 Å². The number of amides is 1. The van der Waals surface area contributed by atoms with Gasteiger partial charge in [-0.3, -0.25) is 9.69 Å². The first-order valence-corrected chi connectivity index (χ1v) is 11.4. The van der Waals surface area contributed by atoms with Crippen molar-refractivity contribution in [3.8, 4) is 5.75 Å². The molecule has 0 saturated carbocycles. The largest absolute Gasteiger partial charge is 0.497 e. The number of benzene rings is 2. The van der Waals surface area contributed by atoms with Crippen LogP contribution in [0.1, 0.15) is 43.9 Å². The standard InChI is InChI=1S/C25H33ClN2O3/c1-4-28(5-2)23(19-7-6-8-22(17-19)30-3)18-27-24(29)25(13-15-31-16-14-25)20-9-11-21(26)12-10-20/h6-12,17,23H,4-5,13-16,18H2,1-3H3,(H,27,29). The number of rotatable bonds is 9. The van der Waals surface area contributed by atoms with Crippen molar-refractivity contribution in [3.05, 3.63) is 64.7 Å². The molecule has 1 heterocycles. The summed E-state index contributed by atoms with van der Waals surface area (Å²) in [5.41, 5.74) is 1.54. The fourth-order valence-electron chi connectivity index (χ4n) is 4.47. The van der Waals surface area contributed by atoms with Gasteiger partial charge < -0.3 is 14.8 Å². The Balaban J connectivity index is 1.84. The number of ether oxygens (including phenoxy) is 2. The molecule has 0 spiro atoms. The molecule has 1 amide bonds. The van der Waals surface area contributed by atoms with Crippen LogP contribution in [0.4, 0.5) is 0 Å². The minimum atomic E-state index is -0.592. The van der Waals surface area contributed by atoms with Gasteiger partial charge in [0.15, 0.2) is 0 Å². The van der Waals surface area contributed by atoms with Crippen molar-refractivity contribution >= 4 is 17.5 Å². The first-order valence-electron chi connectivity index (χ1n) is 11.0. The Bertz CT molecular complexity index is 846. The zero-order valence-corrected chi connectivity index (χ0v) is 19.5. The van der Waals surface area contributed by atoms with Crippen LogP contribution < -0.4 is 10.1 Å². The number of hydrogen-bond donors (Lipinski definition) is 1. The lowest BCUT2D eigenvalue weighted by atomic mass is 9.73. The Morgan fingerprint density at radius 1 is 1.16 bits per heavy atom. The highest BCUT2D eigenvalue weighted by atomic mass is 35.5. The summed E-state index contributed by atoms with van der Waals surface area (Å²) >= 11 is 6.10. The Kier molecular flexibility index (Phi) is 8.35. The normalized spacial score (nSPS) is 16.7. The van der Waals surface area contributed by atoms with Gasteiger partial charge in [-0.2, -0.15) is 0 Å². The fraction of sp³-hybridized carbons (Fsp3) is 0.480. The summed E-state index contributed by atoms with van der Waals surface area (Å²) in [4.78, 5) is 16.0. The molecule has 2 aromatic rings. The second-order valence-electron chi connectivity index (χ2n) is 7.93. The Hall–Kier alpha value is -2.08. The smallest absolute Gasteiger partial charge is 0.230 e. The lowest BCUT2D eigenvalue weighted by molar-refractivity contribution is -0.130. The van der Waals surface area contributed by atoms with E-state index in [1.165, 1.54) is 0 Å². The topological polar surface area (TPSA) is 50.8 Å². The van der Waals surface area contributed by atoms with Crippen LogP contribution in [0, 0.1) is 0 Å². The third kappa shape index (κ3) is 5.40. The molecule has 1 fully saturated rings. The monoisotopic (exact) mass is 444 g/mol. The van der Waals surface area contributed by atoms with Crippen molar-refractivity contribution < 1.29 is 14.3 Å². The van der Waals surface area contributed by atoms with Crippen LogP contribution in [-0.2, 0) is 14.9 Å². The molecule has 1 saturated heterocycles. The van der Waals surface area contributed by atoms with Crippen molar-refractivity contribution in [2.45, 2.75) is 38.1 Å². The fourth-order valence-corrected chi connectivity index (χ4v) is 4.59. The molecule has 6 heteroatoms. The molecule has 1 aliphatic heterocycles. The summed E-state index contributed by atoms with van der Waals surface area (Å²) in [6.45, 7) is 7.76. The minimum absolute atomic E-state index is 0.0539. The quantitative estimate of drug-likeness (QED) is 0.614. The van der Waals surface area contributed by atoms with Gasteiger partial charge in [-0.05, 0) is 61.3 Å². The highest BCUT2D eigenvalue weighted by Gasteiger charge is 2.41. The molecule has 5 nitrogen and oxygen atoms in total. The molecule has 1 N–H and O–H groups in total. The molecule has 31 heavy (non-hydrogen) atoms. The van der Waals surface area contributed by atoms with Crippen LogP contribution in [0.3, 0.4) is 0 Å². The van der Waals surface area contributed by atoms with Gasteiger partial charge in [0.1, 0.15) is 5.75 Å². The van der Waals surface area contributed by atoms with Gasteiger partial charge in [-0.25, -0.2) is 0 Å². The molecular weight excluding hydrogens is 412 g/mol. The van der Waals surface area contributed by atoms with E-state index in [1.807, 2.05) is 36.4 Å². The highest BCUT2D eigenvalue weighted by Crippen LogP contribution is 2.36. The van der Waals surface area contributed by atoms with Gasteiger partial charge in [-0.1, -0.05) is 49.7 Å². The maximum atomic E-state index is 13.6. The number of hydrogen-bond acceptors (Lipinski definition) is 4. The predicted octanol–water partition coefficient (Wildman–Crippen LogP) is 4.60. The first-order chi connectivity index (χ1) is 15.0. The van der Waals surface area contributed by atoms with Crippen LogP contribution in [-0.4, -0.2) is 50.8 Å². The average Bonchev–Trinajstić information content (AvgIpc) is 2.82. The van der Waals surface area contributed by atoms with Gasteiger partial charge in [0.25, 0.3) is 0 Å². The number of carbonyl (C=O) groups excluding carboxylic acids is 1. The zero-order valence-electron chi connectivity index (χ0n) is 18.7. The van der Waals surface area contributed by atoms with Crippen LogP contribution in [0.5, 0.6) is 5.75 Å². The van der Waals surface area contributed by atoms with E-state index >= 15 is 0 Å². The van der Waals surface area contributed by atoms with E-state index in [9.17, 15) is 4.79 Å². The van der Waals surface area contributed by atoms with Crippen molar-refractivity contribution in [3.63, 3.8) is 0 Å². The van der Waals surface area contributed by atoms with Crippen molar-refractivity contribution in [2.75, 3.05) is 40.0 Å². The Morgan fingerprint density at radius 3 is 2.45 bits per heavy atom. The molecule has 1 atom stereocenters. The second kappa shape index (κ2) is 11.0. The minimum Gasteiger partial charge on any atom is -0.497 e. The SMILES string of the molecule is CCN(CC)C(CNC(=O)C1(c2ccc(Cl)cc2)CCOCC1)c1cccc(OC)c1. The molecule has 1 aliphatic rings. The van der Waals surface area contributed by atoms with E-state index in [-0.39, 0.29) is 11.9 Å². The van der Waals surface area contributed by atoms with Crippen molar-refractivity contribution in [2.24, 2.45) is 0 Å². The van der Waals surface area contributed by atoms with Crippen LogP contribution in [0.25, 0.3) is 0 Å². The number of carbonyl (C=O) groups is 1. The number of halogens is 1. The molecule has 168 valence electrons. The van der Waals surface area contributed by atoms with Gasteiger partial charge in [0.2, 0.25) is 5.91 Å². The lowest BCUT2D eigenvalue weighted by Gasteiger charge is -2.37. The summed E-state index contributed by atoms with van der Waals surface area (Å²) < 4.78 is 11.0. The van der Waals surface area contributed by atoms with E-state index < -0.39 is 5.41 Å². The van der Waals surface area contributed by atoms with E-state index in [1.54, 1.807) is 7.11 Å². The Morgan fingerprint density at radius 2 is 1.84 bits per heavy atom. The summed E-state index contributed by atoms with van der Waals surface area (Å²) in [7, 11) is 1.67. The van der Waals surface area contributed by atoms with Crippen LogP contribution in [0.15, 0.2) is 48.5 Å². The Labute approximate surface area is 190 Å². The molecular formula is C25H33ClN2O3. The van der Waals surface area contributed by atoms with Crippen molar-refractivity contribution in [1.82, 2.24) is 10.2 Å². The molecule has 2 aromatic carbocycles. The molecule has 3 rings (SSSR count). The summed E-state index contributed by atoms with van der Waals surface area (Å²) in [5, 5.41) is 3.95. The molecule has 0 bridgehead atoms. The first kappa shape index (κ1) is 23.6. The van der Waals surface area contributed by atoms with Gasteiger partial charge in [0.05, 0.1) is 18.6 Å². The summed E-state index contributed by atoms with van der Waals surface area (Å²) in [6.07, 6.45) is 1.32. The molecule has 0 aromatic heterocycles. The number of methoxy groups -OCH3 is 1. The van der Waals surface area contributed by atoms with E-state index in [4.69, 9.17) is 21.1 Å². The van der Waals surface area contributed by atoms with Gasteiger partial charge in [0, 0.05) is 24.8 Å². The van der Waals surface area contributed by atoms with Crippen molar-refractivity contribution in [1.29, 1.82) is 0 Å².